The second kappa shape index (κ2) is 8.43. The maximum absolute atomic E-state index is 15.2. The highest BCUT2D eigenvalue weighted by Gasteiger charge is 2.55. The number of aromatic nitrogens is 2. The number of anilines is 1. The fraction of sp³-hybridized carbons (Fsp3) is 0.483. The minimum Gasteiger partial charge on any atom is -0.481 e. The van der Waals surface area contributed by atoms with E-state index < -0.39 is 5.97 Å². The molecule has 3 aliphatic carbocycles. The fourth-order valence-electron chi connectivity index (χ4n) is 7.23. The van der Waals surface area contributed by atoms with E-state index in [-0.39, 0.29) is 35.1 Å². The van der Waals surface area contributed by atoms with Crippen LogP contribution in [0, 0.1) is 29.0 Å². The topological polar surface area (TPSA) is 87.5 Å². The molecule has 4 fully saturated rings. The largest absolute Gasteiger partial charge is 0.481 e. The molecule has 7 rings (SSSR count). The Morgan fingerprint density at radius 3 is 2.58 bits per heavy atom. The molecular formula is C29H30ClFN4O3. The van der Waals surface area contributed by atoms with Crippen molar-refractivity contribution >= 4 is 40.1 Å². The number of aliphatic carboxylic acids is 1. The van der Waals surface area contributed by atoms with Crippen LogP contribution >= 0.6 is 11.6 Å². The van der Waals surface area contributed by atoms with E-state index in [2.05, 4.69) is 15.3 Å². The third-order valence-corrected chi connectivity index (χ3v) is 9.82. The van der Waals surface area contributed by atoms with E-state index in [1.165, 1.54) is 6.42 Å². The molecular weight excluding hydrogens is 507 g/mol. The Labute approximate surface area is 224 Å². The first-order chi connectivity index (χ1) is 18.2. The molecule has 1 amide bonds. The van der Waals surface area contributed by atoms with E-state index in [0.717, 1.165) is 43.3 Å². The van der Waals surface area contributed by atoms with Crippen molar-refractivity contribution in [1.29, 1.82) is 0 Å². The van der Waals surface area contributed by atoms with Gasteiger partial charge in [0.2, 0.25) is 0 Å². The molecule has 0 bridgehead atoms. The maximum Gasteiger partial charge on any atom is 0.306 e. The average Bonchev–Trinajstić information content (AvgIpc) is 3.22. The molecule has 0 radical (unpaired) electrons. The van der Waals surface area contributed by atoms with Crippen molar-refractivity contribution in [3.05, 3.63) is 58.5 Å². The third-order valence-electron chi connectivity index (χ3n) is 9.49. The number of carbonyl (C=O) groups excluding carboxylic acids is 1. The zero-order valence-corrected chi connectivity index (χ0v) is 21.9. The van der Waals surface area contributed by atoms with Gasteiger partial charge in [-0.1, -0.05) is 17.7 Å². The van der Waals surface area contributed by atoms with Gasteiger partial charge in [0.05, 0.1) is 39.9 Å². The van der Waals surface area contributed by atoms with Gasteiger partial charge in [0, 0.05) is 24.5 Å². The summed E-state index contributed by atoms with van der Waals surface area (Å²) in [5.74, 6) is 0.0263. The summed E-state index contributed by atoms with van der Waals surface area (Å²) in [7, 11) is 0. The van der Waals surface area contributed by atoms with Gasteiger partial charge in [-0.3, -0.25) is 14.3 Å². The monoisotopic (exact) mass is 536 g/mol. The van der Waals surface area contributed by atoms with E-state index in [1.807, 2.05) is 19.1 Å². The molecule has 2 heterocycles. The first kappa shape index (κ1) is 23.9. The Bertz CT molecular complexity index is 1460. The highest BCUT2D eigenvalue weighted by atomic mass is 35.5. The van der Waals surface area contributed by atoms with Crippen LogP contribution in [0.2, 0.25) is 5.02 Å². The second-order valence-corrected chi connectivity index (χ2v) is 12.4. The zero-order valence-electron chi connectivity index (χ0n) is 21.2. The van der Waals surface area contributed by atoms with Gasteiger partial charge in [0.25, 0.3) is 5.91 Å². The van der Waals surface area contributed by atoms with Crippen LogP contribution in [0.5, 0.6) is 0 Å². The summed E-state index contributed by atoms with van der Waals surface area (Å²) >= 11 is 6.48. The van der Waals surface area contributed by atoms with Crippen molar-refractivity contribution in [2.24, 2.45) is 23.2 Å². The number of carbonyl (C=O) groups is 2. The molecule has 1 saturated heterocycles. The standard InChI is InChI=1S/C29H30ClFN4O3/c1-15(16-2-5-25(24(31)7-16)34-13-17-6-18(17)14-34)35-26-21(3-4-23(30)22(26)12-32-35)27(36)33-20-10-29(11-20)8-19(9-29)28(37)38/h2-5,7,12,15,17-20H,6,8-11,13-14H2,1H3,(H,33,36)(H,37,38)/t15?,17-,18+,19?,20?,29?. The van der Waals surface area contributed by atoms with Gasteiger partial charge < -0.3 is 15.3 Å². The average molecular weight is 537 g/mol. The summed E-state index contributed by atoms with van der Waals surface area (Å²) in [6.45, 7) is 3.80. The number of halogens is 2. The third kappa shape index (κ3) is 3.79. The van der Waals surface area contributed by atoms with Crippen molar-refractivity contribution < 1.29 is 19.1 Å². The number of carboxylic acid groups (broad SMARTS) is 1. The summed E-state index contributed by atoms with van der Waals surface area (Å²) in [6.07, 6.45) is 5.92. The molecule has 9 heteroatoms. The van der Waals surface area contributed by atoms with Crippen molar-refractivity contribution in [3.8, 4) is 0 Å². The lowest BCUT2D eigenvalue weighted by molar-refractivity contribution is -0.155. The van der Waals surface area contributed by atoms with Gasteiger partial charge in [-0.2, -0.15) is 5.10 Å². The minimum absolute atomic E-state index is 0.0232. The van der Waals surface area contributed by atoms with Crippen LogP contribution in [0.15, 0.2) is 36.5 Å². The number of amides is 1. The van der Waals surface area contributed by atoms with E-state index in [1.54, 1.807) is 29.1 Å². The molecule has 4 aliphatic rings. The molecule has 3 saturated carbocycles. The summed E-state index contributed by atoms with van der Waals surface area (Å²) < 4.78 is 16.9. The summed E-state index contributed by atoms with van der Waals surface area (Å²) in [5.41, 5.74) is 2.58. The van der Waals surface area contributed by atoms with Crippen molar-refractivity contribution in [2.45, 2.75) is 51.1 Å². The van der Waals surface area contributed by atoms with E-state index >= 15 is 4.39 Å². The normalized spacial score (nSPS) is 30.0. The highest BCUT2D eigenvalue weighted by molar-refractivity contribution is 6.36. The van der Waals surface area contributed by atoms with Gasteiger partial charge in [0.15, 0.2) is 0 Å². The summed E-state index contributed by atoms with van der Waals surface area (Å²) in [4.78, 5) is 26.7. The molecule has 1 aromatic heterocycles. The number of piperidine rings is 1. The van der Waals surface area contributed by atoms with Gasteiger partial charge in [-0.15, -0.1) is 0 Å². The SMILES string of the molecule is CC(c1ccc(N2C[C@H]3C[C@H]3C2)c(F)c1)n1ncc2c(Cl)ccc(C(=O)NC3CC4(C3)CC(C(=O)O)C4)c21. The number of nitrogens with zero attached hydrogens (tertiary/aromatic N) is 3. The molecule has 7 nitrogen and oxygen atoms in total. The molecule has 1 aliphatic heterocycles. The van der Waals surface area contributed by atoms with Crippen LogP contribution < -0.4 is 10.2 Å². The lowest BCUT2D eigenvalue weighted by atomic mass is 9.50. The number of hydrogen-bond donors (Lipinski definition) is 2. The molecule has 1 spiro atoms. The molecule has 2 N–H and O–H groups in total. The van der Waals surface area contributed by atoms with Crippen LogP contribution in [-0.4, -0.2) is 45.9 Å². The van der Waals surface area contributed by atoms with Crippen LogP contribution in [0.4, 0.5) is 10.1 Å². The number of benzene rings is 2. The first-order valence-electron chi connectivity index (χ1n) is 13.5. The fourth-order valence-corrected chi connectivity index (χ4v) is 7.43. The lowest BCUT2D eigenvalue weighted by Crippen LogP contribution is -2.57. The Kier molecular flexibility index (Phi) is 5.32. The van der Waals surface area contributed by atoms with E-state index in [4.69, 9.17) is 11.6 Å². The lowest BCUT2D eigenvalue weighted by Gasteiger charge is -2.56. The maximum atomic E-state index is 15.2. The van der Waals surface area contributed by atoms with Crippen molar-refractivity contribution in [1.82, 2.24) is 15.1 Å². The number of hydrogen-bond acceptors (Lipinski definition) is 4. The van der Waals surface area contributed by atoms with Crippen LogP contribution in [0.3, 0.4) is 0 Å². The molecule has 1 unspecified atom stereocenters. The summed E-state index contributed by atoms with van der Waals surface area (Å²) in [6, 6.07) is 8.51. The van der Waals surface area contributed by atoms with E-state index in [0.29, 0.717) is 40.0 Å². The first-order valence-corrected chi connectivity index (χ1v) is 13.8. The summed E-state index contributed by atoms with van der Waals surface area (Å²) in [5, 5.41) is 18.0. The number of fused-ring (bicyclic) bond motifs is 2. The van der Waals surface area contributed by atoms with Gasteiger partial charge in [-0.25, -0.2) is 4.39 Å². The number of carboxylic acids is 1. The molecule has 3 atom stereocenters. The number of nitrogens with one attached hydrogen (secondary N) is 1. The zero-order chi connectivity index (χ0) is 26.3. The molecule has 198 valence electrons. The Hall–Kier alpha value is -3.13. The molecule has 3 aromatic rings. The molecule has 2 aromatic carbocycles. The van der Waals surface area contributed by atoms with Gasteiger partial charge >= 0.3 is 5.97 Å². The van der Waals surface area contributed by atoms with Crippen LogP contribution in [-0.2, 0) is 4.79 Å². The van der Waals surface area contributed by atoms with Crippen molar-refractivity contribution in [3.63, 3.8) is 0 Å². The Morgan fingerprint density at radius 2 is 1.89 bits per heavy atom. The van der Waals surface area contributed by atoms with Crippen LogP contribution in [0.1, 0.15) is 61.0 Å². The van der Waals surface area contributed by atoms with Gasteiger partial charge in [0.1, 0.15) is 5.82 Å². The second-order valence-electron chi connectivity index (χ2n) is 12.0. The smallest absolute Gasteiger partial charge is 0.306 e. The minimum atomic E-state index is -0.726. The van der Waals surface area contributed by atoms with Crippen LogP contribution in [0.25, 0.3) is 10.9 Å². The Morgan fingerprint density at radius 1 is 1.16 bits per heavy atom. The van der Waals surface area contributed by atoms with E-state index in [9.17, 15) is 14.7 Å². The predicted molar refractivity (Wildman–Crippen MR) is 142 cm³/mol. The van der Waals surface area contributed by atoms with Crippen molar-refractivity contribution in [2.75, 3.05) is 18.0 Å². The Balaban J connectivity index is 1.12. The van der Waals surface area contributed by atoms with Gasteiger partial charge in [-0.05, 0) is 86.1 Å². The molecule has 38 heavy (non-hydrogen) atoms. The quantitative estimate of drug-likeness (QED) is 0.448. The predicted octanol–water partition coefficient (Wildman–Crippen LogP) is 5.27. The highest BCUT2D eigenvalue weighted by Crippen LogP contribution is 2.58. The number of rotatable bonds is 6.